The summed E-state index contributed by atoms with van der Waals surface area (Å²) in [5, 5.41) is 12.3. The van der Waals surface area contributed by atoms with Crippen LogP contribution in [-0.4, -0.2) is 60.2 Å². The molecule has 1 saturated heterocycles. The van der Waals surface area contributed by atoms with Crippen molar-refractivity contribution < 1.29 is 19.0 Å². The van der Waals surface area contributed by atoms with Gasteiger partial charge in [0.2, 0.25) is 5.91 Å². The molecule has 1 aliphatic rings. The first kappa shape index (κ1) is 22.2. The average molecular weight is 416 g/mol. The van der Waals surface area contributed by atoms with Crippen molar-refractivity contribution in [3.05, 3.63) is 59.4 Å². The van der Waals surface area contributed by atoms with Crippen molar-refractivity contribution in [1.29, 1.82) is 0 Å². The standard InChI is InChI=1S/C23H30FN3O3/c1-17(29)25-20-6-3-18(4-7-20)14-26-10-11-27(21(16-26)9-12-28)15-19-5-8-22(30-2)13-23(19)24/h3-8,13,21,28H,9-12,14-16H2,1-2H3,(H,25,29)/t21-/m0/s1. The summed E-state index contributed by atoms with van der Waals surface area (Å²) >= 11 is 0. The summed E-state index contributed by atoms with van der Waals surface area (Å²) in [4.78, 5) is 15.8. The van der Waals surface area contributed by atoms with Crippen LogP contribution in [0, 0.1) is 5.82 Å². The molecule has 6 nitrogen and oxygen atoms in total. The number of methoxy groups -OCH3 is 1. The van der Waals surface area contributed by atoms with E-state index in [2.05, 4.69) is 15.1 Å². The number of nitrogens with zero attached hydrogens (tertiary/aromatic N) is 2. The molecule has 1 heterocycles. The number of ether oxygens (including phenoxy) is 1. The zero-order chi connectivity index (χ0) is 21.5. The van der Waals surface area contributed by atoms with E-state index in [1.165, 1.54) is 25.7 Å². The lowest BCUT2D eigenvalue weighted by molar-refractivity contribution is -0.114. The molecule has 0 saturated carbocycles. The highest BCUT2D eigenvalue weighted by atomic mass is 19.1. The van der Waals surface area contributed by atoms with Crippen molar-refractivity contribution in [1.82, 2.24) is 9.80 Å². The molecule has 0 spiro atoms. The third-order valence-electron chi connectivity index (χ3n) is 5.47. The van der Waals surface area contributed by atoms with Gasteiger partial charge >= 0.3 is 0 Å². The van der Waals surface area contributed by atoms with E-state index in [1.54, 1.807) is 12.1 Å². The molecule has 3 rings (SSSR count). The summed E-state index contributed by atoms with van der Waals surface area (Å²) in [6.45, 7) is 5.39. The van der Waals surface area contributed by atoms with Gasteiger partial charge in [0.1, 0.15) is 11.6 Å². The minimum absolute atomic E-state index is 0.0842. The van der Waals surface area contributed by atoms with Gasteiger partial charge in [0.25, 0.3) is 0 Å². The Kier molecular flexibility index (Phi) is 7.79. The molecule has 0 radical (unpaired) electrons. The Morgan fingerprint density at radius 2 is 1.97 bits per heavy atom. The molecule has 0 bridgehead atoms. The van der Waals surface area contributed by atoms with Crippen molar-refractivity contribution in [3.63, 3.8) is 0 Å². The number of amides is 1. The molecule has 0 aliphatic carbocycles. The summed E-state index contributed by atoms with van der Waals surface area (Å²) < 4.78 is 19.5. The number of aliphatic hydroxyl groups excluding tert-OH is 1. The molecule has 0 aromatic heterocycles. The van der Waals surface area contributed by atoms with Crippen LogP contribution in [0.25, 0.3) is 0 Å². The van der Waals surface area contributed by atoms with E-state index in [-0.39, 0.29) is 24.4 Å². The second-order valence-corrected chi connectivity index (χ2v) is 7.71. The number of rotatable bonds is 8. The highest BCUT2D eigenvalue weighted by molar-refractivity contribution is 5.88. The van der Waals surface area contributed by atoms with E-state index < -0.39 is 0 Å². The van der Waals surface area contributed by atoms with E-state index in [9.17, 15) is 14.3 Å². The molecule has 2 N–H and O–H groups in total. The Morgan fingerprint density at radius 3 is 2.60 bits per heavy atom. The fraction of sp³-hybridized carbons (Fsp3) is 0.435. The number of nitrogens with one attached hydrogen (secondary N) is 1. The first-order valence-corrected chi connectivity index (χ1v) is 10.2. The summed E-state index contributed by atoms with van der Waals surface area (Å²) in [6.07, 6.45) is 0.649. The maximum atomic E-state index is 14.4. The highest BCUT2D eigenvalue weighted by Crippen LogP contribution is 2.22. The fourth-order valence-corrected chi connectivity index (χ4v) is 3.89. The Labute approximate surface area is 177 Å². The summed E-state index contributed by atoms with van der Waals surface area (Å²) in [5.74, 6) is 0.162. The molecular formula is C23H30FN3O3. The molecule has 1 aliphatic heterocycles. The van der Waals surface area contributed by atoms with Crippen LogP contribution in [0.2, 0.25) is 0 Å². The normalized spacial score (nSPS) is 17.7. The SMILES string of the molecule is COc1ccc(CN2CCN(Cc3ccc(NC(C)=O)cc3)C[C@@H]2CCO)c(F)c1. The molecule has 2 aromatic carbocycles. The van der Waals surface area contributed by atoms with Gasteiger partial charge in [0, 0.05) is 69.6 Å². The summed E-state index contributed by atoms with van der Waals surface area (Å²) in [6, 6.07) is 13.0. The number of halogens is 1. The minimum Gasteiger partial charge on any atom is -0.497 e. The Balaban J connectivity index is 1.61. The zero-order valence-electron chi connectivity index (χ0n) is 17.6. The van der Waals surface area contributed by atoms with Crippen LogP contribution in [0.15, 0.2) is 42.5 Å². The largest absolute Gasteiger partial charge is 0.497 e. The van der Waals surface area contributed by atoms with Gasteiger partial charge in [-0.2, -0.15) is 0 Å². The monoisotopic (exact) mass is 415 g/mol. The second kappa shape index (κ2) is 10.5. The lowest BCUT2D eigenvalue weighted by Gasteiger charge is -2.41. The van der Waals surface area contributed by atoms with Gasteiger partial charge < -0.3 is 15.2 Å². The van der Waals surface area contributed by atoms with Gasteiger partial charge in [0.15, 0.2) is 0 Å². The van der Waals surface area contributed by atoms with Crippen LogP contribution < -0.4 is 10.1 Å². The predicted octanol–water partition coefficient (Wildman–Crippen LogP) is 2.86. The van der Waals surface area contributed by atoms with Crippen molar-refractivity contribution in [2.24, 2.45) is 0 Å². The van der Waals surface area contributed by atoms with Gasteiger partial charge in [0.05, 0.1) is 7.11 Å². The van der Waals surface area contributed by atoms with Crippen LogP contribution in [0.3, 0.4) is 0 Å². The van der Waals surface area contributed by atoms with Crippen molar-refractivity contribution >= 4 is 11.6 Å². The fourth-order valence-electron chi connectivity index (χ4n) is 3.89. The molecule has 162 valence electrons. The summed E-state index contributed by atoms with van der Waals surface area (Å²) in [5.41, 5.74) is 2.60. The predicted molar refractivity (Wildman–Crippen MR) is 115 cm³/mol. The molecule has 0 unspecified atom stereocenters. The quantitative estimate of drug-likeness (QED) is 0.694. The smallest absolute Gasteiger partial charge is 0.221 e. The maximum absolute atomic E-state index is 14.4. The number of carbonyl (C=O) groups is 1. The number of aliphatic hydroxyl groups is 1. The number of benzene rings is 2. The van der Waals surface area contributed by atoms with E-state index in [4.69, 9.17) is 4.74 Å². The number of hydrogen-bond acceptors (Lipinski definition) is 5. The van der Waals surface area contributed by atoms with Gasteiger partial charge in [-0.1, -0.05) is 18.2 Å². The van der Waals surface area contributed by atoms with E-state index >= 15 is 0 Å². The van der Waals surface area contributed by atoms with Gasteiger partial charge in [-0.15, -0.1) is 0 Å². The number of anilines is 1. The maximum Gasteiger partial charge on any atom is 0.221 e. The lowest BCUT2D eigenvalue weighted by Crippen LogP contribution is -2.52. The zero-order valence-corrected chi connectivity index (χ0v) is 17.6. The van der Waals surface area contributed by atoms with Gasteiger partial charge in [-0.05, 0) is 30.2 Å². The molecule has 2 aromatic rings. The van der Waals surface area contributed by atoms with Gasteiger partial charge in [-0.25, -0.2) is 4.39 Å². The number of hydrogen-bond donors (Lipinski definition) is 2. The van der Waals surface area contributed by atoms with Crippen molar-refractivity contribution in [2.75, 3.05) is 38.7 Å². The minimum atomic E-state index is -0.265. The van der Waals surface area contributed by atoms with Crippen LogP contribution >= 0.6 is 0 Å². The average Bonchev–Trinajstić information content (AvgIpc) is 2.72. The molecule has 1 atom stereocenters. The van der Waals surface area contributed by atoms with Crippen molar-refractivity contribution in [3.8, 4) is 5.75 Å². The Bertz CT molecular complexity index is 844. The first-order chi connectivity index (χ1) is 14.5. The third-order valence-corrected chi connectivity index (χ3v) is 5.47. The van der Waals surface area contributed by atoms with Crippen LogP contribution in [0.4, 0.5) is 10.1 Å². The van der Waals surface area contributed by atoms with E-state index in [1.807, 2.05) is 24.3 Å². The third kappa shape index (κ3) is 6.01. The number of piperazine rings is 1. The molecular weight excluding hydrogens is 385 g/mol. The molecule has 1 fully saturated rings. The Hall–Kier alpha value is -2.48. The number of carbonyl (C=O) groups excluding carboxylic acids is 1. The topological polar surface area (TPSA) is 65.0 Å². The van der Waals surface area contributed by atoms with Crippen molar-refractivity contribution in [2.45, 2.75) is 32.5 Å². The van der Waals surface area contributed by atoms with Crippen LogP contribution in [-0.2, 0) is 17.9 Å². The van der Waals surface area contributed by atoms with Gasteiger partial charge in [-0.3, -0.25) is 14.6 Å². The highest BCUT2D eigenvalue weighted by Gasteiger charge is 2.27. The summed E-state index contributed by atoms with van der Waals surface area (Å²) in [7, 11) is 1.53. The first-order valence-electron chi connectivity index (χ1n) is 10.2. The van der Waals surface area contributed by atoms with Crippen LogP contribution in [0.1, 0.15) is 24.5 Å². The Morgan fingerprint density at radius 1 is 1.20 bits per heavy atom. The van der Waals surface area contributed by atoms with Crippen LogP contribution in [0.5, 0.6) is 5.75 Å². The molecule has 1 amide bonds. The molecule has 7 heteroatoms. The van der Waals surface area contributed by atoms with E-state index in [0.29, 0.717) is 24.3 Å². The van der Waals surface area contributed by atoms with E-state index in [0.717, 1.165) is 31.9 Å². The molecule has 30 heavy (non-hydrogen) atoms. The second-order valence-electron chi connectivity index (χ2n) is 7.71. The lowest BCUT2D eigenvalue weighted by atomic mass is 10.1.